The van der Waals surface area contributed by atoms with Gasteiger partial charge in [-0.25, -0.2) is 4.79 Å². The molecule has 0 fully saturated rings. The Balaban J connectivity index is 1.92. The number of carbonyl (C=O) groups is 2. The minimum absolute atomic E-state index is 0.442. The molecule has 0 unspecified atom stereocenters. The van der Waals surface area contributed by atoms with Gasteiger partial charge in [0.05, 0.1) is 28.4 Å². The van der Waals surface area contributed by atoms with E-state index in [1.54, 1.807) is 43.5 Å². The van der Waals surface area contributed by atoms with Gasteiger partial charge in [-0.2, -0.15) is 0 Å². The summed E-state index contributed by atoms with van der Waals surface area (Å²) in [5.41, 5.74) is 1.12. The molecule has 0 spiro atoms. The first-order valence-electron chi connectivity index (χ1n) is 8.58. The molecule has 154 valence electrons. The molecular formula is C21H23NO7. The van der Waals surface area contributed by atoms with E-state index in [9.17, 15) is 9.59 Å². The molecule has 0 aliphatic heterocycles. The van der Waals surface area contributed by atoms with Gasteiger partial charge in [0, 0.05) is 41.6 Å². The highest BCUT2D eigenvalue weighted by Crippen LogP contribution is 2.26. The van der Waals surface area contributed by atoms with Crippen LogP contribution in [0.5, 0.6) is 23.0 Å². The van der Waals surface area contributed by atoms with E-state index in [-0.39, 0.29) is 0 Å². The van der Waals surface area contributed by atoms with E-state index in [4.69, 9.17) is 23.7 Å². The third-order valence-electron chi connectivity index (χ3n) is 3.82. The van der Waals surface area contributed by atoms with Gasteiger partial charge in [-0.1, -0.05) is 0 Å². The molecule has 2 aromatic carbocycles. The Morgan fingerprint density at radius 1 is 0.862 bits per heavy atom. The molecule has 0 saturated heterocycles. The molecule has 29 heavy (non-hydrogen) atoms. The van der Waals surface area contributed by atoms with Crippen LogP contribution in [0.15, 0.2) is 42.5 Å². The van der Waals surface area contributed by atoms with E-state index in [1.807, 2.05) is 0 Å². The van der Waals surface area contributed by atoms with Crippen LogP contribution in [0.3, 0.4) is 0 Å². The van der Waals surface area contributed by atoms with Gasteiger partial charge in [-0.05, 0) is 18.2 Å². The Labute approximate surface area is 169 Å². The monoisotopic (exact) mass is 401 g/mol. The number of carbonyl (C=O) groups excluding carboxylic acids is 2. The van der Waals surface area contributed by atoms with Crippen LogP contribution < -0.4 is 24.3 Å². The maximum atomic E-state index is 12.0. The van der Waals surface area contributed by atoms with Crippen LogP contribution in [0.2, 0.25) is 0 Å². The topological polar surface area (TPSA) is 92.3 Å². The molecule has 0 saturated carbocycles. The second-order valence-corrected chi connectivity index (χ2v) is 5.70. The summed E-state index contributed by atoms with van der Waals surface area (Å²) in [6, 6.07) is 10.1. The Morgan fingerprint density at radius 3 is 2.10 bits per heavy atom. The number of hydrogen-bond acceptors (Lipinski definition) is 7. The molecule has 2 rings (SSSR count). The lowest BCUT2D eigenvalue weighted by Gasteiger charge is -2.10. The van der Waals surface area contributed by atoms with Crippen molar-refractivity contribution in [2.24, 2.45) is 0 Å². The van der Waals surface area contributed by atoms with Gasteiger partial charge in [0.2, 0.25) is 0 Å². The smallest absolute Gasteiger partial charge is 0.331 e. The molecular weight excluding hydrogens is 378 g/mol. The van der Waals surface area contributed by atoms with Gasteiger partial charge in [-0.3, -0.25) is 4.79 Å². The highest BCUT2D eigenvalue weighted by atomic mass is 16.5. The van der Waals surface area contributed by atoms with Crippen LogP contribution in [0, 0.1) is 0 Å². The zero-order chi connectivity index (χ0) is 21.2. The lowest BCUT2D eigenvalue weighted by molar-refractivity contribution is -0.142. The van der Waals surface area contributed by atoms with Crippen molar-refractivity contribution >= 4 is 23.6 Å². The van der Waals surface area contributed by atoms with Crippen LogP contribution in [0.4, 0.5) is 5.69 Å². The molecule has 1 N–H and O–H groups in total. The van der Waals surface area contributed by atoms with Crippen molar-refractivity contribution in [3.05, 3.63) is 48.0 Å². The summed E-state index contributed by atoms with van der Waals surface area (Å²) in [6.07, 6.45) is 2.75. The first kappa shape index (κ1) is 21.6. The van der Waals surface area contributed by atoms with Gasteiger partial charge < -0.3 is 29.0 Å². The number of esters is 1. The second-order valence-electron chi connectivity index (χ2n) is 5.70. The van der Waals surface area contributed by atoms with Gasteiger partial charge in [0.1, 0.15) is 23.0 Å². The molecule has 0 bridgehead atoms. The van der Waals surface area contributed by atoms with Crippen molar-refractivity contribution in [2.75, 3.05) is 40.4 Å². The second kappa shape index (κ2) is 10.6. The average molecular weight is 401 g/mol. The van der Waals surface area contributed by atoms with Crippen LogP contribution in [-0.4, -0.2) is 46.9 Å². The number of ether oxygens (including phenoxy) is 5. The van der Waals surface area contributed by atoms with Crippen LogP contribution in [-0.2, 0) is 14.3 Å². The lowest BCUT2D eigenvalue weighted by Crippen LogP contribution is -2.20. The van der Waals surface area contributed by atoms with Crippen molar-refractivity contribution in [1.82, 2.24) is 0 Å². The van der Waals surface area contributed by atoms with Gasteiger partial charge in [-0.15, -0.1) is 0 Å². The number of hydrogen-bond donors (Lipinski definition) is 1. The zero-order valence-corrected chi connectivity index (χ0v) is 16.7. The van der Waals surface area contributed by atoms with E-state index in [1.165, 1.54) is 33.5 Å². The summed E-state index contributed by atoms with van der Waals surface area (Å²) >= 11 is 0. The first-order chi connectivity index (χ1) is 14.0. The van der Waals surface area contributed by atoms with Gasteiger partial charge in [0.15, 0.2) is 6.61 Å². The van der Waals surface area contributed by atoms with Crippen molar-refractivity contribution in [3.63, 3.8) is 0 Å². The summed E-state index contributed by atoms with van der Waals surface area (Å²) < 4.78 is 25.6. The number of methoxy groups -OCH3 is 4. The molecule has 0 aliphatic rings. The number of benzene rings is 2. The third-order valence-corrected chi connectivity index (χ3v) is 3.82. The predicted molar refractivity (Wildman–Crippen MR) is 108 cm³/mol. The SMILES string of the molecule is COc1cc(NC(=O)COC(=O)/C=C/c2ccc(OC)cc2OC)cc(OC)c1. The third kappa shape index (κ3) is 6.46. The highest BCUT2D eigenvalue weighted by molar-refractivity contribution is 5.95. The van der Waals surface area contributed by atoms with Crippen molar-refractivity contribution in [2.45, 2.75) is 0 Å². The van der Waals surface area contributed by atoms with E-state index >= 15 is 0 Å². The average Bonchev–Trinajstić information content (AvgIpc) is 2.75. The first-order valence-corrected chi connectivity index (χ1v) is 8.58. The molecule has 0 radical (unpaired) electrons. The van der Waals surface area contributed by atoms with E-state index < -0.39 is 18.5 Å². The fraction of sp³-hybridized carbons (Fsp3) is 0.238. The number of rotatable bonds is 9. The Kier molecular flexibility index (Phi) is 7.90. The van der Waals surface area contributed by atoms with E-state index in [0.29, 0.717) is 34.2 Å². The molecule has 1 amide bonds. The molecule has 0 heterocycles. The van der Waals surface area contributed by atoms with E-state index in [2.05, 4.69) is 5.32 Å². The largest absolute Gasteiger partial charge is 0.497 e. The maximum absolute atomic E-state index is 12.0. The number of anilines is 1. The van der Waals surface area contributed by atoms with Crippen molar-refractivity contribution < 1.29 is 33.3 Å². The number of amides is 1. The molecule has 0 aromatic heterocycles. The minimum Gasteiger partial charge on any atom is -0.497 e. The highest BCUT2D eigenvalue weighted by Gasteiger charge is 2.09. The number of nitrogens with one attached hydrogen (secondary N) is 1. The normalized spacial score (nSPS) is 10.3. The van der Waals surface area contributed by atoms with Gasteiger partial charge in [0.25, 0.3) is 5.91 Å². The van der Waals surface area contributed by atoms with Crippen molar-refractivity contribution in [1.29, 1.82) is 0 Å². The lowest BCUT2D eigenvalue weighted by atomic mass is 10.2. The minimum atomic E-state index is -0.666. The fourth-order valence-corrected chi connectivity index (χ4v) is 2.38. The van der Waals surface area contributed by atoms with Crippen LogP contribution in [0.25, 0.3) is 6.08 Å². The zero-order valence-electron chi connectivity index (χ0n) is 16.7. The van der Waals surface area contributed by atoms with Crippen LogP contribution in [0.1, 0.15) is 5.56 Å². The fourth-order valence-electron chi connectivity index (χ4n) is 2.38. The quantitative estimate of drug-likeness (QED) is 0.510. The van der Waals surface area contributed by atoms with E-state index in [0.717, 1.165) is 0 Å². The Bertz CT molecular complexity index is 870. The van der Waals surface area contributed by atoms with Crippen LogP contribution >= 0.6 is 0 Å². The molecule has 0 atom stereocenters. The summed E-state index contributed by atoms with van der Waals surface area (Å²) in [4.78, 5) is 23.9. The predicted octanol–water partition coefficient (Wildman–Crippen LogP) is 2.92. The van der Waals surface area contributed by atoms with Crippen molar-refractivity contribution in [3.8, 4) is 23.0 Å². The summed E-state index contributed by atoms with van der Waals surface area (Å²) in [5, 5.41) is 2.62. The Morgan fingerprint density at radius 2 is 1.52 bits per heavy atom. The summed E-state index contributed by atoms with van der Waals surface area (Å²) in [7, 11) is 6.08. The summed E-state index contributed by atoms with van der Waals surface area (Å²) in [5.74, 6) is 1.05. The van der Waals surface area contributed by atoms with Gasteiger partial charge >= 0.3 is 5.97 Å². The molecule has 0 aliphatic carbocycles. The summed E-state index contributed by atoms with van der Waals surface area (Å²) in [6.45, 7) is -0.442. The molecule has 2 aromatic rings. The standard InChI is InChI=1S/C21H23NO7/c1-25-16-7-5-14(19(12-16)28-4)6-8-21(24)29-13-20(23)22-15-9-17(26-2)11-18(10-15)27-3/h5-12H,13H2,1-4H3,(H,22,23)/b8-6+. The maximum Gasteiger partial charge on any atom is 0.331 e. The molecule has 8 heteroatoms. The Hall–Kier alpha value is -3.68. The molecule has 8 nitrogen and oxygen atoms in total.